The summed E-state index contributed by atoms with van der Waals surface area (Å²) in [6, 6.07) is -0.267. The molecule has 0 spiro atoms. The molecular formula is C8H16N2O2. The van der Waals surface area contributed by atoms with Crippen molar-refractivity contribution >= 4 is 5.91 Å². The zero-order chi connectivity index (χ0) is 9.14. The minimum atomic E-state index is -0.268. The molecule has 0 aliphatic carbocycles. The molecule has 0 aromatic carbocycles. The summed E-state index contributed by atoms with van der Waals surface area (Å²) in [5, 5.41) is 8.95. The molecule has 0 aromatic heterocycles. The highest BCUT2D eigenvalue weighted by molar-refractivity contribution is 5.87. The van der Waals surface area contributed by atoms with Gasteiger partial charge in [0.2, 0.25) is 5.91 Å². The molecule has 0 aromatic rings. The summed E-state index contributed by atoms with van der Waals surface area (Å²) in [5.74, 6) is 0.0422. The van der Waals surface area contributed by atoms with Crippen molar-refractivity contribution in [3.05, 3.63) is 0 Å². The predicted molar refractivity (Wildman–Crippen MR) is 45.5 cm³/mol. The van der Waals surface area contributed by atoms with Gasteiger partial charge in [0.15, 0.2) is 0 Å². The smallest absolute Gasteiger partial charge is 0.241 e. The number of carbonyl (C=O) groups excluding carboxylic acids is 1. The second-order valence-electron chi connectivity index (χ2n) is 3.38. The van der Waals surface area contributed by atoms with Crippen molar-refractivity contribution in [3.63, 3.8) is 0 Å². The van der Waals surface area contributed by atoms with Gasteiger partial charge in [-0.1, -0.05) is 0 Å². The molecule has 2 unspecified atom stereocenters. The van der Waals surface area contributed by atoms with Crippen LogP contribution in [0.5, 0.6) is 0 Å². The fourth-order valence-corrected chi connectivity index (χ4v) is 1.31. The number of carbonyl (C=O) groups is 1. The van der Waals surface area contributed by atoms with Gasteiger partial charge in [0.1, 0.15) is 6.04 Å². The fraction of sp³-hybridized carbons (Fsp3) is 0.875. The van der Waals surface area contributed by atoms with Crippen LogP contribution in [-0.4, -0.2) is 41.1 Å². The summed E-state index contributed by atoms with van der Waals surface area (Å²) in [6.45, 7) is 3.17. The zero-order valence-electron chi connectivity index (χ0n) is 7.36. The number of rotatable bonds is 4. The molecule has 70 valence electrons. The zero-order valence-corrected chi connectivity index (χ0v) is 7.36. The van der Waals surface area contributed by atoms with E-state index in [2.05, 4.69) is 0 Å². The van der Waals surface area contributed by atoms with Crippen molar-refractivity contribution in [2.24, 2.45) is 5.73 Å². The first kappa shape index (κ1) is 9.48. The number of nitrogens with two attached hydrogens (primary N) is 1. The molecule has 4 nitrogen and oxygen atoms in total. The summed E-state index contributed by atoms with van der Waals surface area (Å²) in [4.78, 5) is 12.7. The molecule has 1 heterocycles. The standard InChI is InChI=1S/C8H16N2O2/c1-6(11)3-2-4-10-5-7(9)8(10)12/h6-7,11H,2-5,9H2,1H3. The maximum atomic E-state index is 11.0. The van der Waals surface area contributed by atoms with Crippen molar-refractivity contribution in [2.75, 3.05) is 13.1 Å². The van der Waals surface area contributed by atoms with E-state index in [9.17, 15) is 4.79 Å². The van der Waals surface area contributed by atoms with E-state index in [-0.39, 0.29) is 18.1 Å². The molecule has 0 saturated carbocycles. The number of hydrogen-bond donors (Lipinski definition) is 2. The van der Waals surface area contributed by atoms with E-state index in [1.807, 2.05) is 0 Å². The van der Waals surface area contributed by atoms with E-state index in [4.69, 9.17) is 10.8 Å². The SMILES string of the molecule is CC(O)CCCN1CC(N)C1=O. The second kappa shape index (κ2) is 3.87. The Hall–Kier alpha value is -0.610. The molecule has 1 aliphatic rings. The minimum absolute atomic E-state index is 0.0422. The highest BCUT2D eigenvalue weighted by atomic mass is 16.3. The maximum Gasteiger partial charge on any atom is 0.241 e. The molecule has 1 rings (SSSR count). The van der Waals surface area contributed by atoms with Crippen LogP contribution in [0.1, 0.15) is 19.8 Å². The lowest BCUT2D eigenvalue weighted by Gasteiger charge is -2.36. The first-order valence-corrected chi connectivity index (χ1v) is 4.33. The van der Waals surface area contributed by atoms with Crippen LogP contribution >= 0.6 is 0 Å². The molecule has 1 aliphatic heterocycles. The van der Waals surface area contributed by atoms with Gasteiger partial charge in [0, 0.05) is 13.1 Å². The van der Waals surface area contributed by atoms with Gasteiger partial charge in [0.05, 0.1) is 6.10 Å². The largest absolute Gasteiger partial charge is 0.393 e. The molecule has 1 saturated heterocycles. The third kappa shape index (κ3) is 2.19. The summed E-state index contributed by atoms with van der Waals surface area (Å²) < 4.78 is 0. The summed E-state index contributed by atoms with van der Waals surface area (Å²) >= 11 is 0. The van der Waals surface area contributed by atoms with Gasteiger partial charge >= 0.3 is 0 Å². The quantitative estimate of drug-likeness (QED) is 0.552. The first-order chi connectivity index (χ1) is 5.61. The van der Waals surface area contributed by atoms with Crippen LogP contribution in [0.3, 0.4) is 0 Å². The van der Waals surface area contributed by atoms with E-state index in [0.717, 1.165) is 19.4 Å². The van der Waals surface area contributed by atoms with Crippen LogP contribution in [0.15, 0.2) is 0 Å². The van der Waals surface area contributed by atoms with Gasteiger partial charge in [-0.3, -0.25) is 4.79 Å². The van der Waals surface area contributed by atoms with Crippen LogP contribution in [0.2, 0.25) is 0 Å². The normalized spacial score (nSPS) is 25.4. The summed E-state index contributed by atoms with van der Waals surface area (Å²) in [7, 11) is 0. The highest BCUT2D eigenvalue weighted by Gasteiger charge is 2.32. The predicted octanol–water partition coefficient (Wildman–Crippen LogP) is -0.683. The van der Waals surface area contributed by atoms with Crippen molar-refractivity contribution < 1.29 is 9.90 Å². The second-order valence-corrected chi connectivity index (χ2v) is 3.38. The van der Waals surface area contributed by atoms with Gasteiger partial charge < -0.3 is 15.7 Å². The Balaban J connectivity index is 2.06. The van der Waals surface area contributed by atoms with Crippen LogP contribution in [-0.2, 0) is 4.79 Å². The maximum absolute atomic E-state index is 11.0. The van der Waals surface area contributed by atoms with E-state index in [1.54, 1.807) is 11.8 Å². The van der Waals surface area contributed by atoms with Crippen molar-refractivity contribution in [3.8, 4) is 0 Å². The Morgan fingerprint density at radius 2 is 2.50 bits per heavy atom. The Morgan fingerprint density at radius 1 is 1.83 bits per heavy atom. The summed E-state index contributed by atoms with van der Waals surface area (Å²) in [5.41, 5.74) is 5.40. The number of hydrogen-bond acceptors (Lipinski definition) is 3. The lowest BCUT2D eigenvalue weighted by atomic mass is 10.1. The van der Waals surface area contributed by atoms with Gasteiger partial charge in [-0.15, -0.1) is 0 Å². The first-order valence-electron chi connectivity index (χ1n) is 4.33. The number of likely N-dealkylation sites (tertiary alicyclic amines) is 1. The number of β-lactam (4-membered cyclic amide) rings is 1. The highest BCUT2D eigenvalue weighted by Crippen LogP contribution is 2.09. The molecule has 0 bridgehead atoms. The van der Waals surface area contributed by atoms with E-state index < -0.39 is 0 Å². The monoisotopic (exact) mass is 172 g/mol. The molecule has 4 heteroatoms. The van der Waals surface area contributed by atoms with Crippen LogP contribution in [0, 0.1) is 0 Å². The molecule has 12 heavy (non-hydrogen) atoms. The number of amides is 1. The van der Waals surface area contributed by atoms with E-state index >= 15 is 0 Å². The Kier molecular flexibility index (Phi) is 3.05. The van der Waals surface area contributed by atoms with Gasteiger partial charge in [-0.05, 0) is 19.8 Å². The Morgan fingerprint density at radius 3 is 2.92 bits per heavy atom. The van der Waals surface area contributed by atoms with Crippen molar-refractivity contribution in [1.82, 2.24) is 4.90 Å². The van der Waals surface area contributed by atoms with Crippen LogP contribution in [0.4, 0.5) is 0 Å². The number of nitrogens with zero attached hydrogens (tertiary/aromatic N) is 1. The third-order valence-electron chi connectivity index (χ3n) is 2.10. The Bertz CT molecular complexity index is 170. The van der Waals surface area contributed by atoms with Gasteiger partial charge in [-0.25, -0.2) is 0 Å². The van der Waals surface area contributed by atoms with Gasteiger partial charge in [-0.2, -0.15) is 0 Å². The Labute approximate surface area is 72.3 Å². The summed E-state index contributed by atoms with van der Waals surface area (Å²) in [6.07, 6.45) is 1.34. The van der Waals surface area contributed by atoms with E-state index in [1.165, 1.54) is 0 Å². The molecule has 3 N–H and O–H groups in total. The molecule has 1 amide bonds. The number of aliphatic hydroxyl groups excluding tert-OH is 1. The van der Waals surface area contributed by atoms with E-state index in [0.29, 0.717) is 6.54 Å². The molecule has 2 atom stereocenters. The lowest BCUT2D eigenvalue weighted by molar-refractivity contribution is -0.142. The molecular weight excluding hydrogens is 156 g/mol. The average molecular weight is 172 g/mol. The number of aliphatic hydroxyl groups is 1. The fourth-order valence-electron chi connectivity index (χ4n) is 1.31. The lowest BCUT2D eigenvalue weighted by Crippen LogP contribution is -2.60. The van der Waals surface area contributed by atoms with Crippen LogP contribution in [0.25, 0.3) is 0 Å². The van der Waals surface area contributed by atoms with Crippen LogP contribution < -0.4 is 5.73 Å². The van der Waals surface area contributed by atoms with Gasteiger partial charge in [0.25, 0.3) is 0 Å². The molecule has 1 fully saturated rings. The van der Waals surface area contributed by atoms with Crippen molar-refractivity contribution in [1.29, 1.82) is 0 Å². The minimum Gasteiger partial charge on any atom is -0.393 e. The van der Waals surface area contributed by atoms with Crippen molar-refractivity contribution in [2.45, 2.75) is 31.9 Å². The topological polar surface area (TPSA) is 66.6 Å². The third-order valence-corrected chi connectivity index (χ3v) is 2.10. The molecule has 0 radical (unpaired) electrons. The average Bonchev–Trinajstić information content (AvgIpc) is 2.02.